The molecule has 1 fully saturated rings. The van der Waals surface area contributed by atoms with E-state index in [-0.39, 0.29) is 5.41 Å². The van der Waals surface area contributed by atoms with Crippen molar-refractivity contribution in [3.05, 3.63) is 34.4 Å². The minimum absolute atomic E-state index is 0.169. The Morgan fingerprint density at radius 2 is 1.60 bits per heavy atom. The maximum atomic E-state index is 6.51. The van der Waals surface area contributed by atoms with Crippen LogP contribution in [0.2, 0.25) is 0 Å². The van der Waals surface area contributed by atoms with Crippen molar-refractivity contribution in [2.75, 3.05) is 0 Å². The standard InChI is InChI=1S/C19H31N/c1-12-7-8-16(18(20)9-12)19(5,6)17-11-14(3)13(2)10-15(17)4/h10-12,16,18H,7-9,20H2,1-6H3. The van der Waals surface area contributed by atoms with Crippen LogP contribution in [0.3, 0.4) is 0 Å². The normalized spacial score (nSPS) is 27.6. The van der Waals surface area contributed by atoms with Crippen LogP contribution >= 0.6 is 0 Å². The van der Waals surface area contributed by atoms with E-state index in [2.05, 4.69) is 53.7 Å². The van der Waals surface area contributed by atoms with Gasteiger partial charge in [0.1, 0.15) is 0 Å². The number of benzene rings is 1. The van der Waals surface area contributed by atoms with Gasteiger partial charge in [-0.25, -0.2) is 0 Å². The van der Waals surface area contributed by atoms with Gasteiger partial charge in [-0.2, -0.15) is 0 Å². The second kappa shape index (κ2) is 5.52. The maximum absolute atomic E-state index is 6.51. The Morgan fingerprint density at radius 1 is 1.00 bits per heavy atom. The van der Waals surface area contributed by atoms with Gasteiger partial charge in [-0.1, -0.05) is 39.3 Å². The zero-order chi connectivity index (χ0) is 15.1. The zero-order valence-electron chi connectivity index (χ0n) is 14.1. The predicted molar refractivity (Wildman–Crippen MR) is 88.2 cm³/mol. The van der Waals surface area contributed by atoms with E-state index in [0.29, 0.717) is 12.0 Å². The number of aryl methyl sites for hydroxylation is 3. The molecule has 0 aromatic heterocycles. The third-order valence-electron chi connectivity index (χ3n) is 5.62. The SMILES string of the molecule is Cc1cc(C)c(C(C)(C)C2CCC(C)CC2N)cc1C. The van der Waals surface area contributed by atoms with Gasteiger partial charge in [0.15, 0.2) is 0 Å². The molecule has 0 bridgehead atoms. The highest BCUT2D eigenvalue weighted by Crippen LogP contribution is 2.43. The molecule has 3 unspecified atom stereocenters. The van der Waals surface area contributed by atoms with E-state index in [1.54, 1.807) is 0 Å². The van der Waals surface area contributed by atoms with Gasteiger partial charge >= 0.3 is 0 Å². The molecule has 1 aliphatic carbocycles. The predicted octanol–water partition coefficient (Wildman–Crippen LogP) is 4.65. The van der Waals surface area contributed by atoms with Crippen molar-refractivity contribution in [1.82, 2.24) is 0 Å². The lowest BCUT2D eigenvalue weighted by Gasteiger charge is -2.44. The molecule has 2 rings (SSSR count). The molecule has 2 N–H and O–H groups in total. The van der Waals surface area contributed by atoms with Crippen molar-refractivity contribution in [1.29, 1.82) is 0 Å². The van der Waals surface area contributed by atoms with Gasteiger partial charge in [0.25, 0.3) is 0 Å². The molecule has 112 valence electrons. The molecule has 1 aromatic rings. The molecule has 1 aromatic carbocycles. The number of hydrogen-bond acceptors (Lipinski definition) is 1. The van der Waals surface area contributed by atoms with Crippen molar-refractivity contribution >= 4 is 0 Å². The molecule has 0 aliphatic heterocycles. The first-order valence-electron chi connectivity index (χ1n) is 8.07. The first-order chi connectivity index (χ1) is 9.23. The highest BCUT2D eigenvalue weighted by Gasteiger charge is 2.39. The number of rotatable bonds is 2. The Hall–Kier alpha value is -0.820. The van der Waals surface area contributed by atoms with Gasteiger partial charge in [0.2, 0.25) is 0 Å². The molecule has 3 atom stereocenters. The Labute approximate surface area is 125 Å². The fraction of sp³-hybridized carbons (Fsp3) is 0.684. The Morgan fingerprint density at radius 3 is 2.20 bits per heavy atom. The van der Waals surface area contributed by atoms with Crippen LogP contribution in [0, 0.1) is 32.6 Å². The summed E-state index contributed by atoms with van der Waals surface area (Å²) in [5.41, 5.74) is 12.4. The van der Waals surface area contributed by atoms with Crippen LogP contribution in [0.15, 0.2) is 12.1 Å². The van der Waals surface area contributed by atoms with Gasteiger partial charge < -0.3 is 5.73 Å². The summed E-state index contributed by atoms with van der Waals surface area (Å²) >= 11 is 0. The number of hydrogen-bond donors (Lipinski definition) is 1. The van der Waals surface area contributed by atoms with Gasteiger partial charge in [-0.15, -0.1) is 0 Å². The van der Waals surface area contributed by atoms with Gasteiger partial charge in [-0.3, -0.25) is 0 Å². The summed E-state index contributed by atoms with van der Waals surface area (Å²) in [5, 5.41) is 0. The van der Waals surface area contributed by atoms with Crippen LogP contribution in [0.1, 0.15) is 62.3 Å². The quantitative estimate of drug-likeness (QED) is 0.833. The summed E-state index contributed by atoms with van der Waals surface area (Å²) < 4.78 is 0. The van der Waals surface area contributed by atoms with Gasteiger partial charge in [-0.05, 0) is 73.1 Å². The van der Waals surface area contributed by atoms with Crippen LogP contribution in [0.4, 0.5) is 0 Å². The molecule has 0 spiro atoms. The van der Waals surface area contributed by atoms with Gasteiger partial charge in [0, 0.05) is 6.04 Å². The zero-order valence-corrected chi connectivity index (χ0v) is 14.1. The summed E-state index contributed by atoms with van der Waals surface area (Å²) in [4.78, 5) is 0. The summed E-state index contributed by atoms with van der Waals surface area (Å²) in [7, 11) is 0. The Bertz CT molecular complexity index is 487. The lowest BCUT2D eigenvalue weighted by atomic mass is 9.63. The summed E-state index contributed by atoms with van der Waals surface area (Å²) in [6, 6.07) is 5.08. The molecule has 20 heavy (non-hydrogen) atoms. The molecular weight excluding hydrogens is 242 g/mol. The second-order valence-electron chi connectivity index (χ2n) is 7.66. The monoisotopic (exact) mass is 273 g/mol. The van der Waals surface area contributed by atoms with E-state index in [1.165, 1.54) is 41.5 Å². The van der Waals surface area contributed by atoms with E-state index in [9.17, 15) is 0 Å². The second-order valence-corrected chi connectivity index (χ2v) is 7.66. The third-order valence-corrected chi connectivity index (χ3v) is 5.62. The minimum Gasteiger partial charge on any atom is -0.327 e. The van der Waals surface area contributed by atoms with E-state index in [0.717, 1.165) is 5.92 Å². The minimum atomic E-state index is 0.169. The van der Waals surface area contributed by atoms with E-state index >= 15 is 0 Å². The molecular formula is C19H31N. The average molecular weight is 273 g/mol. The molecule has 1 nitrogen and oxygen atoms in total. The first kappa shape index (κ1) is 15.6. The molecule has 0 amide bonds. The van der Waals surface area contributed by atoms with Crippen molar-refractivity contribution in [3.8, 4) is 0 Å². The molecule has 0 heterocycles. The highest BCUT2D eigenvalue weighted by atomic mass is 14.7. The van der Waals surface area contributed by atoms with Crippen molar-refractivity contribution in [3.63, 3.8) is 0 Å². The Kier molecular flexibility index (Phi) is 4.30. The van der Waals surface area contributed by atoms with E-state index < -0.39 is 0 Å². The van der Waals surface area contributed by atoms with Crippen LogP contribution in [-0.4, -0.2) is 6.04 Å². The summed E-state index contributed by atoms with van der Waals surface area (Å²) in [5.74, 6) is 1.39. The molecule has 1 heteroatoms. The van der Waals surface area contributed by atoms with E-state index in [1.807, 2.05) is 0 Å². The third kappa shape index (κ3) is 2.79. The van der Waals surface area contributed by atoms with E-state index in [4.69, 9.17) is 5.73 Å². The largest absolute Gasteiger partial charge is 0.327 e. The highest BCUT2D eigenvalue weighted by molar-refractivity contribution is 5.41. The molecule has 1 aliphatic rings. The van der Waals surface area contributed by atoms with Crippen molar-refractivity contribution < 1.29 is 0 Å². The molecule has 1 saturated carbocycles. The fourth-order valence-electron chi connectivity index (χ4n) is 4.18. The van der Waals surface area contributed by atoms with Crippen molar-refractivity contribution in [2.45, 2.75) is 72.3 Å². The Balaban J connectivity index is 2.37. The lowest BCUT2D eigenvalue weighted by Crippen LogP contribution is -2.46. The smallest absolute Gasteiger partial charge is 0.00780 e. The lowest BCUT2D eigenvalue weighted by molar-refractivity contribution is 0.170. The molecule has 0 radical (unpaired) electrons. The number of nitrogens with two attached hydrogens (primary N) is 1. The average Bonchev–Trinajstić information content (AvgIpc) is 2.33. The van der Waals surface area contributed by atoms with Crippen LogP contribution < -0.4 is 5.73 Å². The maximum Gasteiger partial charge on any atom is 0.00780 e. The fourth-order valence-corrected chi connectivity index (χ4v) is 4.18. The van der Waals surface area contributed by atoms with Crippen LogP contribution in [-0.2, 0) is 5.41 Å². The van der Waals surface area contributed by atoms with Crippen LogP contribution in [0.25, 0.3) is 0 Å². The van der Waals surface area contributed by atoms with Gasteiger partial charge in [0.05, 0.1) is 0 Å². The summed E-state index contributed by atoms with van der Waals surface area (Å²) in [6.45, 7) is 13.8. The molecule has 0 saturated heterocycles. The van der Waals surface area contributed by atoms with Crippen LogP contribution in [0.5, 0.6) is 0 Å². The summed E-state index contributed by atoms with van der Waals surface area (Å²) in [6.07, 6.45) is 3.77. The first-order valence-corrected chi connectivity index (χ1v) is 8.07. The topological polar surface area (TPSA) is 26.0 Å². The van der Waals surface area contributed by atoms with Crippen molar-refractivity contribution in [2.24, 2.45) is 17.6 Å².